The lowest BCUT2D eigenvalue weighted by Crippen LogP contribution is -2.16. The molecule has 15 nitrogen and oxygen atoms in total. The molecule has 67 heavy (non-hydrogen) atoms. The molecule has 5 aromatic heterocycles. The zero-order chi connectivity index (χ0) is 47.5. The number of imidazole rings is 2. The quantitative estimate of drug-likeness (QED) is 0.0935. The number of hydrogen-bond donors (Lipinski definition) is 2. The van der Waals surface area contributed by atoms with Gasteiger partial charge in [-0.25, -0.2) is 23.7 Å². The number of pyridine rings is 1. The number of nitrogens with one attached hydrogen (secondary N) is 1. The molecule has 2 saturated carbocycles. The largest absolute Gasteiger partial charge is 0.399 e. The van der Waals surface area contributed by atoms with E-state index in [9.17, 15) is 18.4 Å². The predicted molar refractivity (Wildman–Crippen MR) is 252 cm³/mol. The summed E-state index contributed by atoms with van der Waals surface area (Å²) in [6, 6.07) is 19.1. The summed E-state index contributed by atoms with van der Waals surface area (Å²) in [7, 11) is 0. The van der Waals surface area contributed by atoms with Crippen molar-refractivity contribution in [3.05, 3.63) is 150 Å². The summed E-state index contributed by atoms with van der Waals surface area (Å²) in [5, 5.41) is 18.1. The monoisotopic (exact) mass is 925 g/mol. The number of nitrogens with zero attached hydrogens (tertiary/aromatic N) is 11. The molecule has 3 N–H and O–H groups in total. The van der Waals surface area contributed by atoms with Crippen molar-refractivity contribution in [3.8, 4) is 34.3 Å². The normalized spacial score (nSPS) is 13.2. The molecule has 0 atom stereocenters. The van der Waals surface area contributed by atoms with Gasteiger partial charge < -0.3 is 29.3 Å². The van der Waals surface area contributed by atoms with Crippen molar-refractivity contribution in [2.24, 2.45) is 0 Å². The Labute approximate surface area is 391 Å². The van der Waals surface area contributed by atoms with Crippen molar-refractivity contribution in [1.82, 2.24) is 53.6 Å². The van der Waals surface area contributed by atoms with Crippen LogP contribution in [0.4, 0.5) is 20.3 Å². The van der Waals surface area contributed by atoms with Crippen molar-refractivity contribution in [2.75, 3.05) is 11.1 Å². The second-order valence-electron chi connectivity index (χ2n) is 17.3. The highest BCUT2D eigenvalue weighted by Gasteiger charge is 2.27. The van der Waals surface area contributed by atoms with Crippen LogP contribution in [0.3, 0.4) is 0 Å². The first kappa shape index (κ1) is 46.1. The number of carbonyl (C=O) groups excluding carboxylic acids is 2. The molecule has 18 heteroatoms. The topological polar surface area (TPSA) is 182 Å². The number of aromatic nitrogens is 11. The molecule has 5 heterocycles. The van der Waals surface area contributed by atoms with Crippen LogP contribution in [0.5, 0.6) is 0 Å². The van der Waals surface area contributed by atoms with Gasteiger partial charge in [-0.15, -0.1) is 20.4 Å². The maximum atomic E-state index is 14.8. The molecule has 2 aliphatic carbocycles. The van der Waals surface area contributed by atoms with Crippen LogP contribution < -0.4 is 11.1 Å². The molecule has 0 bridgehead atoms. The maximum Gasteiger partial charge on any atom is 0.259 e. The Hall–Kier alpha value is -7.40. The molecule has 0 saturated heterocycles. The molecule has 344 valence electrons. The lowest BCUT2D eigenvalue weighted by Gasteiger charge is -2.12. The molecule has 8 aromatic rings. The number of benzene rings is 3. The van der Waals surface area contributed by atoms with E-state index in [2.05, 4.69) is 54.5 Å². The summed E-state index contributed by atoms with van der Waals surface area (Å²) in [6.45, 7) is 11.8. The van der Waals surface area contributed by atoms with E-state index in [4.69, 9.17) is 17.3 Å². The van der Waals surface area contributed by atoms with Gasteiger partial charge in [0.15, 0.2) is 11.6 Å². The zero-order valence-electron chi connectivity index (χ0n) is 37.9. The van der Waals surface area contributed by atoms with Crippen molar-refractivity contribution in [3.63, 3.8) is 0 Å². The van der Waals surface area contributed by atoms with Crippen LogP contribution >= 0.6 is 11.6 Å². The van der Waals surface area contributed by atoms with Gasteiger partial charge in [0.25, 0.3) is 11.1 Å². The fourth-order valence-electron chi connectivity index (χ4n) is 7.44. The third-order valence-corrected chi connectivity index (χ3v) is 11.6. The number of aryl methyl sites for hydroxylation is 2. The van der Waals surface area contributed by atoms with Crippen LogP contribution in [0, 0.1) is 25.5 Å². The summed E-state index contributed by atoms with van der Waals surface area (Å²) < 4.78 is 35.9. The van der Waals surface area contributed by atoms with Crippen molar-refractivity contribution in [2.45, 2.75) is 91.1 Å². The van der Waals surface area contributed by atoms with Gasteiger partial charge in [0.05, 0.1) is 46.5 Å². The number of halogens is 3. The van der Waals surface area contributed by atoms with Crippen molar-refractivity contribution < 1.29 is 18.4 Å². The van der Waals surface area contributed by atoms with Gasteiger partial charge in [-0.1, -0.05) is 18.2 Å². The minimum Gasteiger partial charge on any atom is -0.399 e. The summed E-state index contributed by atoms with van der Waals surface area (Å²) in [4.78, 5) is 37.5. The Morgan fingerprint density at radius 2 is 1.22 bits per heavy atom. The molecule has 2 fully saturated rings. The number of nitrogen functional groups attached to an aromatic ring is 1. The average molecular weight is 926 g/mol. The van der Waals surface area contributed by atoms with Gasteiger partial charge in [0, 0.05) is 47.6 Å². The second-order valence-corrected chi connectivity index (χ2v) is 17.6. The summed E-state index contributed by atoms with van der Waals surface area (Å²) in [6.07, 6.45) is 15.3. The van der Waals surface area contributed by atoms with E-state index in [0.29, 0.717) is 40.9 Å². The molecule has 0 unspecified atom stereocenters. The lowest BCUT2D eigenvalue weighted by atomic mass is 10.1. The molecule has 1 amide bonds. The number of amides is 1. The highest BCUT2D eigenvalue weighted by molar-refractivity contribution is 6.67. The number of anilines is 2. The third-order valence-electron chi connectivity index (χ3n) is 11.4. The minimum absolute atomic E-state index is 0.0603. The number of carbonyl (C=O) groups is 2. The van der Waals surface area contributed by atoms with E-state index in [1.54, 1.807) is 56.5 Å². The first-order chi connectivity index (χ1) is 32.1. The van der Waals surface area contributed by atoms with Crippen molar-refractivity contribution >= 4 is 34.3 Å². The lowest BCUT2D eigenvalue weighted by molar-refractivity contribution is 0.102. The predicted octanol–water partition coefficient (Wildman–Crippen LogP) is 10.4. The van der Waals surface area contributed by atoms with Crippen LogP contribution in [0.15, 0.2) is 104 Å². The first-order valence-corrected chi connectivity index (χ1v) is 22.3. The number of rotatable bonds is 11. The van der Waals surface area contributed by atoms with E-state index in [0.717, 1.165) is 58.1 Å². The molecule has 0 spiro atoms. The molecule has 0 aliphatic heterocycles. The zero-order valence-corrected chi connectivity index (χ0v) is 38.7. The number of nitrogens with two attached hydrogens (primary N) is 1. The van der Waals surface area contributed by atoms with Crippen molar-refractivity contribution in [1.29, 1.82) is 0 Å². The van der Waals surface area contributed by atoms with E-state index < -0.39 is 22.8 Å². The molecule has 2 aliphatic rings. The first-order valence-electron chi connectivity index (χ1n) is 22.0. The molecular weight excluding hydrogens is 876 g/mol. The third kappa shape index (κ3) is 10.7. The maximum absolute atomic E-state index is 14.8. The van der Waals surface area contributed by atoms with Crippen LogP contribution in [-0.2, 0) is 0 Å². The summed E-state index contributed by atoms with van der Waals surface area (Å²) >= 11 is 5.38. The van der Waals surface area contributed by atoms with Gasteiger partial charge in [-0.3, -0.25) is 9.59 Å². The Morgan fingerprint density at radius 1 is 0.701 bits per heavy atom. The minimum atomic E-state index is -0.790. The molecule has 3 aromatic carbocycles. The van der Waals surface area contributed by atoms with Crippen LogP contribution in [0.25, 0.3) is 34.3 Å². The Bertz CT molecular complexity index is 3070. The van der Waals surface area contributed by atoms with Gasteiger partial charge >= 0.3 is 0 Å². The van der Waals surface area contributed by atoms with Gasteiger partial charge in [-0.05, 0) is 138 Å². The van der Waals surface area contributed by atoms with Crippen LogP contribution in [-0.4, -0.2) is 64.8 Å². The summed E-state index contributed by atoms with van der Waals surface area (Å²) in [5.74, 6) is 1.05. The molecular formula is C49H50ClF2N13O2. The average Bonchev–Trinajstić information content (AvgIpc) is 4.02. The van der Waals surface area contributed by atoms with Gasteiger partial charge in [-0.2, -0.15) is 0 Å². The van der Waals surface area contributed by atoms with E-state index in [1.807, 2.05) is 75.7 Å². The second kappa shape index (κ2) is 19.6. The van der Waals surface area contributed by atoms with Gasteiger partial charge in [0.1, 0.15) is 35.8 Å². The van der Waals surface area contributed by atoms with Crippen LogP contribution in [0.1, 0.15) is 121 Å². The SMILES string of the molecule is CC(C)n1cnnc1-c1cccc(N)c1.Cc1cc(F)c(C(=O)Cl)cc1-n1cnc(C2CC2)c1.Cc1cc(F)c(C(=O)Nc2cccc(-c3nncn3C(C)C)n2)cc1-n1cnc(C2CC2)c1. The molecule has 0 radical (unpaired) electrons. The smallest absolute Gasteiger partial charge is 0.259 e. The summed E-state index contributed by atoms with van der Waals surface area (Å²) in [5.41, 5.74) is 12.8. The Morgan fingerprint density at radius 3 is 1.76 bits per heavy atom. The number of hydrogen-bond acceptors (Lipinski definition) is 10. The van der Waals surface area contributed by atoms with E-state index >= 15 is 0 Å². The highest BCUT2D eigenvalue weighted by Crippen LogP contribution is 2.40. The van der Waals surface area contributed by atoms with Crippen LogP contribution in [0.2, 0.25) is 0 Å². The van der Waals surface area contributed by atoms with E-state index in [-0.39, 0.29) is 17.2 Å². The fraction of sp³-hybridized carbons (Fsp3) is 0.286. The Balaban J connectivity index is 0.000000151. The Kier molecular flexibility index (Phi) is 13.5. The van der Waals surface area contributed by atoms with Gasteiger partial charge in [0.2, 0.25) is 0 Å². The van der Waals surface area contributed by atoms with E-state index in [1.165, 1.54) is 31.0 Å². The molecule has 10 rings (SSSR count). The fourth-order valence-corrected chi connectivity index (χ4v) is 7.59. The highest BCUT2D eigenvalue weighted by atomic mass is 35.5. The standard InChI is InChI=1S/C24H24FN7O.C14H12ClFN2O.C11H14N4/c1-14(2)32-13-27-30-23(32)19-5-4-6-22(28-19)29-24(33)17-10-21(15(3)9-18(17)25)31-11-20(26-12-31)16-7-8-16;1-8-4-11(16)10(14(15)19)5-13(8)18-6-12(17-7-18)9-2-3-9;1-8(2)15-7-13-14-11(15)9-4-3-5-10(12)6-9/h4-6,9-14,16H,7-8H2,1-3H3,(H,28,29,33);4-7,9H,2-3H2,1H3;3-8H,12H2,1-2H3.